The monoisotopic (exact) mass is 521 g/mol. The molecule has 2 saturated heterocycles. The summed E-state index contributed by atoms with van der Waals surface area (Å²) in [5.41, 5.74) is 0.261. The average molecular weight is 522 g/mol. The highest BCUT2D eigenvalue weighted by Crippen LogP contribution is 2.27. The number of hydrazine groups is 1. The van der Waals surface area contributed by atoms with E-state index in [9.17, 15) is 19.2 Å². The van der Waals surface area contributed by atoms with Crippen LogP contribution in [0.5, 0.6) is 0 Å². The van der Waals surface area contributed by atoms with Gasteiger partial charge in [0.05, 0.1) is 12.6 Å². The van der Waals surface area contributed by atoms with E-state index in [0.717, 1.165) is 5.56 Å². The zero-order valence-corrected chi connectivity index (χ0v) is 22.2. The summed E-state index contributed by atoms with van der Waals surface area (Å²) in [5.74, 6) is -1.65. The Balaban J connectivity index is 1.80. The number of rotatable bonds is 8. The quantitative estimate of drug-likeness (QED) is 0.524. The summed E-state index contributed by atoms with van der Waals surface area (Å²) < 4.78 is 10.8. The number of halogens is 1. The molecule has 3 rings (SSSR count). The highest BCUT2D eigenvalue weighted by atomic mass is 35.5. The van der Waals surface area contributed by atoms with Crippen LogP contribution in [0.25, 0.3) is 0 Å². The molecule has 0 radical (unpaired) electrons. The number of hydrogen-bond acceptors (Lipinski definition) is 7. The van der Waals surface area contributed by atoms with Gasteiger partial charge in [0.2, 0.25) is 5.91 Å². The van der Waals surface area contributed by atoms with Crippen LogP contribution in [0, 0.1) is 0 Å². The van der Waals surface area contributed by atoms with Crippen LogP contribution in [-0.4, -0.2) is 70.6 Å². The molecule has 2 fully saturated rings. The molecule has 198 valence electrons. The van der Waals surface area contributed by atoms with Crippen LogP contribution >= 0.6 is 11.6 Å². The van der Waals surface area contributed by atoms with Gasteiger partial charge in [0, 0.05) is 18.0 Å². The number of nitrogens with one attached hydrogen (secondary N) is 1. The Hall–Kier alpha value is -2.65. The third-order valence-corrected chi connectivity index (χ3v) is 6.40. The average Bonchev–Trinajstić information content (AvgIpc) is 2.93. The Morgan fingerprint density at radius 1 is 1.17 bits per heavy atom. The molecule has 3 atom stereocenters. The highest BCUT2D eigenvalue weighted by molar-refractivity contribution is 6.30. The number of amides is 2. The van der Waals surface area contributed by atoms with Crippen molar-refractivity contribution in [3.63, 3.8) is 0 Å². The zero-order chi connectivity index (χ0) is 26.5. The standard InChI is InChI=1S/C26H36ClN3O6/c1-5-35-24(33)20(13-10-17-8-11-18(27)12-9-17)28-19-14-15-22(31)29-16-6-7-21(30(29)23(19)32)25(34)36-26(2,3)4/h8-9,11-12,19-21,28H,5-7,10,13-16H2,1-4H3/t19-,20-,21-/m0/s1. The van der Waals surface area contributed by atoms with Crippen molar-refractivity contribution in [3.05, 3.63) is 34.9 Å². The molecule has 2 amide bonds. The van der Waals surface area contributed by atoms with Gasteiger partial charge in [0.25, 0.3) is 5.91 Å². The molecule has 10 heteroatoms. The van der Waals surface area contributed by atoms with Crippen molar-refractivity contribution in [2.75, 3.05) is 13.2 Å². The van der Waals surface area contributed by atoms with Crippen LogP contribution in [-0.2, 0) is 35.1 Å². The second-order valence-electron chi connectivity index (χ2n) is 10.1. The van der Waals surface area contributed by atoms with Crippen molar-refractivity contribution in [2.24, 2.45) is 0 Å². The predicted molar refractivity (Wildman–Crippen MR) is 134 cm³/mol. The molecule has 1 aromatic carbocycles. The lowest BCUT2D eigenvalue weighted by molar-refractivity contribution is -0.188. The lowest BCUT2D eigenvalue weighted by Gasteiger charge is -2.43. The Morgan fingerprint density at radius 2 is 1.86 bits per heavy atom. The number of aryl methyl sites for hydroxylation is 1. The summed E-state index contributed by atoms with van der Waals surface area (Å²) in [6.45, 7) is 7.56. The van der Waals surface area contributed by atoms with Crippen molar-refractivity contribution < 1.29 is 28.7 Å². The molecule has 2 aliphatic heterocycles. The topological polar surface area (TPSA) is 105 Å². The molecule has 2 aliphatic rings. The number of carbonyl (C=O) groups is 4. The summed E-state index contributed by atoms with van der Waals surface area (Å²) in [6, 6.07) is 4.85. The van der Waals surface area contributed by atoms with Gasteiger partial charge in [-0.25, -0.2) is 9.80 Å². The van der Waals surface area contributed by atoms with Gasteiger partial charge in [-0.3, -0.25) is 24.7 Å². The fourth-order valence-electron chi connectivity index (χ4n) is 4.49. The van der Waals surface area contributed by atoms with E-state index in [1.165, 1.54) is 10.0 Å². The van der Waals surface area contributed by atoms with E-state index >= 15 is 0 Å². The van der Waals surface area contributed by atoms with Crippen LogP contribution in [0.15, 0.2) is 24.3 Å². The number of benzene rings is 1. The van der Waals surface area contributed by atoms with Gasteiger partial charge in [-0.15, -0.1) is 0 Å². The third-order valence-electron chi connectivity index (χ3n) is 6.15. The first-order valence-electron chi connectivity index (χ1n) is 12.5. The van der Waals surface area contributed by atoms with Crippen molar-refractivity contribution in [2.45, 2.75) is 89.9 Å². The molecular weight excluding hydrogens is 486 g/mol. The maximum absolute atomic E-state index is 13.7. The van der Waals surface area contributed by atoms with Gasteiger partial charge in [0.15, 0.2) is 6.04 Å². The van der Waals surface area contributed by atoms with Crippen molar-refractivity contribution in [1.29, 1.82) is 0 Å². The smallest absolute Gasteiger partial charge is 0.331 e. The first-order chi connectivity index (χ1) is 17.0. The molecule has 0 aliphatic carbocycles. The largest absolute Gasteiger partial charge is 0.465 e. The molecule has 1 N–H and O–H groups in total. The third kappa shape index (κ3) is 7.20. The van der Waals surface area contributed by atoms with Crippen LogP contribution < -0.4 is 5.32 Å². The van der Waals surface area contributed by atoms with Gasteiger partial charge >= 0.3 is 11.9 Å². The lowest BCUT2D eigenvalue weighted by Crippen LogP contribution is -2.63. The molecular formula is C26H36ClN3O6. The van der Waals surface area contributed by atoms with Crippen molar-refractivity contribution in [3.8, 4) is 0 Å². The summed E-state index contributed by atoms with van der Waals surface area (Å²) in [7, 11) is 0. The van der Waals surface area contributed by atoms with E-state index in [4.69, 9.17) is 21.1 Å². The zero-order valence-electron chi connectivity index (χ0n) is 21.4. The van der Waals surface area contributed by atoms with Gasteiger partial charge in [0.1, 0.15) is 11.6 Å². The van der Waals surface area contributed by atoms with Crippen LogP contribution in [0.2, 0.25) is 5.02 Å². The maximum atomic E-state index is 13.7. The molecule has 0 saturated carbocycles. The van der Waals surface area contributed by atoms with E-state index in [1.807, 2.05) is 12.1 Å². The Morgan fingerprint density at radius 3 is 2.50 bits per heavy atom. The normalized spacial score (nSPS) is 21.5. The van der Waals surface area contributed by atoms with Gasteiger partial charge in [-0.05, 0) is 77.5 Å². The Bertz CT molecular complexity index is 961. The minimum absolute atomic E-state index is 0.119. The maximum Gasteiger partial charge on any atom is 0.331 e. The van der Waals surface area contributed by atoms with E-state index in [1.54, 1.807) is 39.8 Å². The first-order valence-corrected chi connectivity index (χ1v) is 12.9. The van der Waals surface area contributed by atoms with Gasteiger partial charge < -0.3 is 9.47 Å². The van der Waals surface area contributed by atoms with E-state index in [-0.39, 0.29) is 25.4 Å². The fraction of sp³-hybridized carbons (Fsp3) is 0.615. The highest BCUT2D eigenvalue weighted by Gasteiger charge is 2.46. The first kappa shape index (κ1) is 27.9. The Kier molecular flexibility index (Phi) is 9.35. The fourth-order valence-corrected chi connectivity index (χ4v) is 4.62. The summed E-state index contributed by atoms with van der Waals surface area (Å²) in [4.78, 5) is 52.4. The van der Waals surface area contributed by atoms with Crippen LogP contribution in [0.3, 0.4) is 0 Å². The minimum Gasteiger partial charge on any atom is -0.465 e. The van der Waals surface area contributed by atoms with Gasteiger partial charge in [-0.2, -0.15) is 0 Å². The number of ether oxygens (including phenoxy) is 2. The van der Waals surface area contributed by atoms with Crippen molar-refractivity contribution >= 4 is 35.4 Å². The molecule has 9 nitrogen and oxygen atoms in total. The van der Waals surface area contributed by atoms with Crippen LogP contribution in [0.4, 0.5) is 0 Å². The number of carbonyl (C=O) groups excluding carboxylic acids is 4. The number of esters is 2. The lowest BCUT2D eigenvalue weighted by atomic mass is 10.0. The second-order valence-corrected chi connectivity index (χ2v) is 10.6. The predicted octanol–water partition coefficient (Wildman–Crippen LogP) is 3.03. The van der Waals surface area contributed by atoms with E-state index in [0.29, 0.717) is 37.3 Å². The van der Waals surface area contributed by atoms with E-state index in [2.05, 4.69) is 5.32 Å². The minimum atomic E-state index is -0.896. The number of nitrogens with zero attached hydrogens (tertiary/aromatic N) is 2. The van der Waals surface area contributed by atoms with E-state index < -0.39 is 41.6 Å². The SMILES string of the molecule is CCOC(=O)[C@H](CCc1ccc(Cl)cc1)N[C@H]1CCC(=O)N2CCC[C@@H](C(=O)OC(C)(C)C)N2C1=O. The van der Waals surface area contributed by atoms with Crippen LogP contribution in [0.1, 0.15) is 65.4 Å². The molecule has 0 bridgehead atoms. The van der Waals surface area contributed by atoms with Gasteiger partial charge in [-0.1, -0.05) is 23.7 Å². The Labute approximate surface area is 217 Å². The summed E-state index contributed by atoms with van der Waals surface area (Å²) >= 11 is 5.97. The number of hydrogen-bond donors (Lipinski definition) is 1. The second kappa shape index (κ2) is 12.1. The molecule has 1 aromatic rings. The summed E-state index contributed by atoms with van der Waals surface area (Å²) in [5, 5.41) is 6.40. The molecule has 0 aromatic heterocycles. The molecule has 0 spiro atoms. The number of fused-ring (bicyclic) bond motifs is 1. The van der Waals surface area contributed by atoms with Crippen molar-refractivity contribution in [1.82, 2.24) is 15.3 Å². The molecule has 2 heterocycles. The molecule has 36 heavy (non-hydrogen) atoms. The summed E-state index contributed by atoms with van der Waals surface area (Å²) in [6.07, 6.45) is 2.26. The molecule has 0 unspecified atom stereocenters.